The topological polar surface area (TPSA) is 29.5 Å². The molecule has 6 rings (SSSR count). The normalized spacial score (nSPS) is 21.0. The number of hydrogen-bond donors (Lipinski definition) is 0. The summed E-state index contributed by atoms with van der Waals surface area (Å²) in [4.78, 5) is 15.4. The van der Waals surface area contributed by atoms with Gasteiger partial charge >= 0.3 is 6.09 Å². The molecule has 0 saturated carbocycles. The lowest BCUT2D eigenvalue weighted by molar-refractivity contribution is 0.0539. The highest BCUT2D eigenvalue weighted by atomic mass is 35.5. The maximum Gasteiger partial charge on any atom is 0.410 e. The van der Waals surface area contributed by atoms with Gasteiger partial charge in [0.25, 0.3) is 0 Å². The van der Waals surface area contributed by atoms with E-state index in [1.54, 1.807) is 0 Å². The van der Waals surface area contributed by atoms with Crippen molar-refractivity contribution in [2.24, 2.45) is 0 Å². The predicted octanol–water partition coefficient (Wildman–Crippen LogP) is 7.61. The summed E-state index contributed by atoms with van der Waals surface area (Å²) in [6.07, 6.45) is 6.05. The van der Waals surface area contributed by atoms with Crippen LogP contribution in [0.1, 0.15) is 53.9 Å². The van der Waals surface area contributed by atoms with Crippen LogP contribution in [0.2, 0.25) is 5.02 Å². The third-order valence-corrected chi connectivity index (χ3v) is 8.13. The van der Waals surface area contributed by atoms with E-state index < -0.39 is 0 Å². The van der Waals surface area contributed by atoms with Crippen LogP contribution in [0.3, 0.4) is 0 Å². The van der Waals surface area contributed by atoms with E-state index >= 15 is 0 Å². The molecule has 0 radical (unpaired) electrons. The van der Waals surface area contributed by atoms with E-state index in [9.17, 15) is 4.79 Å². The summed E-state index contributed by atoms with van der Waals surface area (Å²) in [7, 11) is 0. The molecule has 2 atom stereocenters. The Balaban J connectivity index is 1.22. The highest BCUT2D eigenvalue weighted by Crippen LogP contribution is 2.45. The third kappa shape index (κ3) is 3.63. The van der Waals surface area contributed by atoms with Gasteiger partial charge in [0, 0.05) is 17.0 Å². The van der Waals surface area contributed by atoms with E-state index in [4.69, 9.17) is 16.3 Å². The van der Waals surface area contributed by atoms with Crippen LogP contribution in [0.25, 0.3) is 16.7 Å². The molecular weight excluding hydrogens is 442 g/mol. The average Bonchev–Trinajstić information content (AvgIpc) is 3.17. The summed E-state index contributed by atoms with van der Waals surface area (Å²) in [6, 6.07) is 23.5. The summed E-state index contributed by atoms with van der Waals surface area (Å²) in [6.45, 7) is 2.39. The molecule has 0 spiro atoms. The summed E-state index contributed by atoms with van der Waals surface area (Å²) in [5, 5.41) is 0.794. The first kappa shape index (κ1) is 21.5. The maximum absolute atomic E-state index is 13.4. The minimum absolute atomic E-state index is 0.0817. The number of hydrogen-bond acceptors (Lipinski definition) is 2. The van der Waals surface area contributed by atoms with Gasteiger partial charge in [-0.2, -0.15) is 0 Å². The lowest BCUT2D eigenvalue weighted by atomic mass is 9.83. The van der Waals surface area contributed by atoms with Gasteiger partial charge in [0.1, 0.15) is 6.61 Å². The summed E-state index contributed by atoms with van der Waals surface area (Å²) >= 11 is 6.40. The summed E-state index contributed by atoms with van der Waals surface area (Å²) in [5.74, 6) is 0.0850. The van der Waals surface area contributed by atoms with Crippen molar-refractivity contribution in [1.82, 2.24) is 4.90 Å². The lowest BCUT2D eigenvalue weighted by Crippen LogP contribution is -2.51. The minimum atomic E-state index is -0.186. The van der Waals surface area contributed by atoms with Gasteiger partial charge in [0.2, 0.25) is 0 Å². The van der Waals surface area contributed by atoms with Crippen molar-refractivity contribution in [1.29, 1.82) is 0 Å². The second kappa shape index (κ2) is 8.63. The molecule has 4 heteroatoms. The molecule has 1 amide bonds. The van der Waals surface area contributed by atoms with E-state index in [0.717, 1.165) is 36.3 Å². The van der Waals surface area contributed by atoms with Crippen molar-refractivity contribution in [3.8, 4) is 11.1 Å². The molecule has 3 aromatic carbocycles. The van der Waals surface area contributed by atoms with Gasteiger partial charge in [-0.05, 0) is 77.6 Å². The monoisotopic (exact) mass is 469 g/mol. The second-order valence-electron chi connectivity index (χ2n) is 9.72. The van der Waals surface area contributed by atoms with Crippen LogP contribution in [-0.2, 0) is 4.74 Å². The summed E-state index contributed by atoms with van der Waals surface area (Å²) < 4.78 is 6.03. The molecule has 3 aromatic rings. The number of rotatable bonds is 3. The molecule has 2 unspecified atom stereocenters. The molecule has 3 nitrogen and oxygen atoms in total. The fraction of sp³-hybridized carbons (Fsp3) is 0.300. The van der Waals surface area contributed by atoms with Crippen molar-refractivity contribution >= 4 is 23.3 Å². The Hall–Kier alpha value is -3.04. The van der Waals surface area contributed by atoms with E-state index in [0.29, 0.717) is 6.61 Å². The zero-order chi connectivity index (χ0) is 23.2. The fourth-order valence-corrected chi connectivity index (χ4v) is 6.17. The predicted molar refractivity (Wildman–Crippen MR) is 137 cm³/mol. The molecule has 1 fully saturated rings. The smallest absolute Gasteiger partial charge is 0.410 e. The molecule has 1 aliphatic carbocycles. The molecule has 34 heavy (non-hydrogen) atoms. The number of piperidine rings is 1. The largest absolute Gasteiger partial charge is 0.448 e. The van der Waals surface area contributed by atoms with E-state index in [2.05, 4.69) is 72.8 Å². The van der Waals surface area contributed by atoms with Gasteiger partial charge in [-0.15, -0.1) is 0 Å². The minimum Gasteiger partial charge on any atom is -0.448 e. The number of fused-ring (bicyclic) bond motifs is 5. The number of carbonyl (C=O) groups excluding carboxylic acids is 1. The second-order valence-corrected chi connectivity index (χ2v) is 10.1. The zero-order valence-electron chi connectivity index (χ0n) is 19.3. The van der Waals surface area contributed by atoms with Crippen LogP contribution < -0.4 is 0 Å². The average molecular weight is 470 g/mol. The molecule has 2 heterocycles. The van der Waals surface area contributed by atoms with Crippen LogP contribution in [0.4, 0.5) is 4.79 Å². The molecular formula is C30H28ClNO2. The third-order valence-electron chi connectivity index (χ3n) is 7.73. The van der Waals surface area contributed by atoms with Crippen LogP contribution in [0.15, 0.2) is 72.8 Å². The van der Waals surface area contributed by atoms with Crippen LogP contribution >= 0.6 is 11.6 Å². The first-order valence-corrected chi connectivity index (χ1v) is 12.6. The van der Waals surface area contributed by atoms with Crippen molar-refractivity contribution in [2.75, 3.05) is 6.61 Å². The molecule has 172 valence electrons. The molecule has 0 N–H and O–H groups in total. The standard InChI is InChI=1S/C30H28ClNO2/c1-19-13-14-20(17-29(19)31)21-15-22-7-6-8-23(16-21)32(22)30(33)34-18-28-26-11-4-2-9-24(26)25-10-3-5-12-27(25)28/h2-5,9-15,17,22-23,28H,6-8,16,18H2,1H3. The molecule has 2 bridgehead atoms. The molecule has 3 aliphatic rings. The van der Waals surface area contributed by atoms with Gasteiger partial charge in [0.05, 0.1) is 6.04 Å². The fourth-order valence-electron chi connectivity index (χ4n) is 5.99. The van der Waals surface area contributed by atoms with E-state index in [1.807, 2.05) is 11.8 Å². The van der Waals surface area contributed by atoms with Crippen LogP contribution in [-0.4, -0.2) is 29.7 Å². The maximum atomic E-state index is 13.4. The van der Waals surface area contributed by atoms with Crippen molar-refractivity contribution in [2.45, 2.75) is 50.6 Å². The van der Waals surface area contributed by atoms with E-state index in [1.165, 1.54) is 33.4 Å². The van der Waals surface area contributed by atoms with Gasteiger partial charge in [-0.25, -0.2) is 4.79 Å². The SMILES string of the molecule is Cc1ccc(C2=CC3CCCC(C2)N3C(=O)OCC2c3ccccc3-c3ccccc32)cc1Cl. The number of aryl methyl sites for hydroxylation is 1. The van der Waals surface area contributed by atoms with Gasteiger partial charge < -0.3 is 4.74 Å². The number of ether oxygens (including phenoxy) is 1. The van der Waals surface area contributed by atoms with Crippen LogP contribution in [0.5, 0.6) is 0 Å². The first-order chi connectivity index (χ1) is 16.6. The number of amides is 1. The highest BCUT2D eigenvalue weighted by Gasteiger charge is 2.39. The number of carbonyl (C=O) groups is 1. The Labute approximate surface area is 206 Å². The molecule has 0 aromatic heterocycles. The lowest BCUT2D eigenvalue weighted by Gasteiger charge is -2.44. The Bertz CT molecular complexity index is 1250. The summed E-state index contributed by atoms with van der Waals surface area (Å²) in [5.41, 5.74) is 8.53. The molecule has 1 saturated heterocycles. The number of benzene rings is 3. The number of halogens is 1. The van der Waals surface area contributed by atoms with Gasteiger partial charge in [0.15, 0.2) is 0 Å². The first-order valence-electron chi connectivity index (χ1n) is 12.2. The molecule has 2 aliphatic heterocycles. The van der Waals surface area contributed by atoms with Gasteiger partial charge in [-0.1, -0.05) is 78.3 Å². The Morgan fingerprint density at radius 1 is 1.00 bits per heavy atom. The number of nitrogens with zero attached hydrogens (tertiary/aromatic N) is 1. The van der Waals surface area contributed by atoms with Gasteiger partial charge in [-0.3, -0.25) is 4.90 Å². The zero-order valence-corrected chi connectivity index (χ0v) is 20.1. The van der Waals surface area contributed by atoms with E-state index in [-0.39, 0.29) is 24.1 Å². The quantitative estimate of drug-likeness (QED) is 0.395. The highest BCUT2D eigenvalue weighted by molar-refractivity contribution is 6.31. The Kier molecular flexibility index (Phi) is 5.45. The Morgan fingerprint density at radius 3 is 2.38 bits per heavy atom. The van der Waals surface area contributed by atoms with Crippen molar-refractivity contribution in [3.05, 3.63) is 100 Å². The van der Waals surface area contributed by atoms with Crippen molar-refractivity contribution < 1.29 is 9.53 Å². The van der Waals surface area contributed by atoms with Crippen molar-refractivity contribution in [3.63, 3.8) is 0 Å². The Morgan fingerprint density at radius 2 is 1.71 bits per heavy atom. The van der Waals surface area contributed by atoms with Crippen LogP contribution in [0, 0.1) is 6.92 Å².